The van der Waals surface area contributed by atoms with Crippen LogP contribution < -0.4 is 0 Å². The van der Waals surface area contributed by atoms with E-state index in [1.807, 2.05) is 31.2 Å². The lowest BCUT2D eigenvalue weighted by atomic mass is 10.1. The Bertz CT molecular complexity index is 421. The van der Waals surface area contributed by atoms with E-state index in [4.69, 9.17) is 12.2 Å². The van der Waals surface area contributed by atoms with Gasteiger partial charge >= 0.3 is 0 Å². The van der Waals surface area contributed by atoms with Crippen LogP contribution in [0.2, 0.25) is 0 Å². The minimum absolute atomic E-state index is 0.302. The van der Waals surface area contributed by atoms with Crippen LogP contribution in [0.5, 0.6) is 0 Å². The summed E-state index contributed by atoms with van der Waals surface area (Å²) in [6, 6.07) is 7.93. The third kappa shape index (κ3) is 1.67. The standard InChI is InChI=1S/C9H7N3S/c1-6-3-2-4-7(5-6)8-10-9(13)12-11-8/h2-5H,1H3. The smallest absolute Gasteiger partial charge is 0.195 e. The fraction of sp³-hybridized carbons (Fsp3) is 0.111. The summed E-state index contributed by atoms with van der Waals surface area (Å²) in [5.74, 6) is 0.605. The van der Waals surface area contributed by atoms with E-state index >= 15 is 0 Å². The van der Waals surface area contributed by atoms with Gasteiger partial charge in [0.15, 0.2) is 5.84 Å². The van der Waals surface area contributed by atoms with Crippen molar-refractivity contribution in [3.8, 4) is 0 Å². The number of aryl methyl sites for hydroxylation is 1. The Morgan fingerprint density at radius 1 is 1.23 bits per heavy atom. The lowest BCUT2D eigenvalue weighted by molar-refractivity contribution is 1.38. The molecule has 0 N–H and O–H groups in total. The molecule has 0 amide bonds. The van der Waals surface area contributed by atoms with Crippen LogP contribution in [-0.4, -0.2) is 10.9 Å². The zero-order chi connectivity index (χ0) is 9.26. The van der Waals surface area contributed by atoms with Crippen LogP contribution in [-0.2, 0) is 0 Å². The highest BCUT2D eigenvalue weighted by Gasteiger charge is 2.08. The summed E-state index contributed by atoms with van der Waals surface area (Å²) in [4.78, 5) is 4.01. The lowest BCUT2D eigenvalue weighted by Gasteiger charge is -1.96. The number of azo groups is 1. The Balaban J connectivity index is 2.42. The molecule has 13 heavy (non-hydrogen) atoms. The van der Waals surface area contributed by atoms with E-state index in [0.29, 0.717) is 10.9 Å². The monoisotopic (exact) mass is 189 g/mol. The van der Waals surface area contributed by atoms with Crippen LogP contribution >= 0.6 is 12.2 Å². The van der Waals surface area contributed by atoms with E-state index in [1.165, 1.54) is 5.56 Å². The first-order chi connectivity index (χ1) is 6.25. The topological polar surface area (TPSA) is 37.1 Å². The van der Waals surface area contributed by atoms with Crippen LogP contribution in [0.4, 0.5) is 0 Å². The number of hydrogen-bond donors (Lipinski definition) is 0. The molecule has 1 heterocycles. The van der Waals surface area contributed by atoms with Gasteiger partial charge in [-0.25, -0.2) is 0 Å². The molecule has 0 aliphatic carbocycles. The molecular weight excluding hydrogens is 182 g/mol. The van der Waals surface area contributed by atoms with Gasteiger partial charge < -0.3 is 0 Å². The summed E-state index contributed by atoms with van der Waals surface area (Å²) >= 11 is 4.78. The highest BCUT2D eigenvalue weighted by atomic mass is 32.1. The predicted octanol–water partition coefficient (Wildman–Crippen LogP) is 2.49. The molecule has 1 aliphatic rings. The molecule has 2 rings (SSSR count). The molecule has 4 heteroatoms. The normalized spacial score (nSPS) is 14.8. The number of nitrogens with zero attached hydrogens (tertiary/aromatic N) is 3. The molecule has 0 saturated heterocycles. The minimum Gasteiger partial charge on any atom is -0.195 e. The van der Waals surface area contributed by atoms with E-state index in [-0.39, 0.29) is 0 Å². The molecule has 0 radical (unpaired) electrons. The SMILES string of the molecule is Cc1cccc(C2=NC(=S)N=N2)c1. The summed E-state index contributed by atoms with van der Waals surface area (Å²) in [5.41, 5.74) is 2.14. The fourth-order valence-corrected chi connectivity index (χ4v) is 1.26. The van der Waals surface area contributed by atoms with Crippen molar-refractivity contribution in [1.29, 1.82) is 0 Å². The van der Waals surface area contributed by atoms with E-state index in [1.54, 1.807) is 0 Å². The zero-order valence-corrected chi connectivity index (χ0v) is 7.88. The Morgan fingerprint density at radius 3 is 2.69 bits per heavy atom. The van der Waals surface area contributed by atoms with E-state index in [9.17, 15) is 0 Å². The maximum absolute atomic E-state index is 4.78. The van der Waals surface area contributed by atoms with Gasteiger partial charge in [-0.3, -0.25) is 0 Å². The lowest BCUT2D eigenvalue weighted by Crippen LogP contribution is -1.93. The van der Waals surface area contributed by atoms with E-state index < -0.39 is 0 Å². The molecule has 0 unspecified atom stereocenters. The van der Waals surface area contributed by atoms with Gasteiger partial charge in [-0.1, -0.05) is 23.8 Å². The highest BCUT2D eigenvalue weighted by Crippen LogP contribution is 2.10. The van der Waals surface area contributed by atoms with Crippen molar-refractivity contribution in [1.82, 2.24) is 0 Å². The first-order valence-corrected chi connectivity index (χ1v) is 4.28. The van der Waals surface area contributed by atoms with Gasteiger partial charge in [-0.05, 0) is 25.2 Å². The van der Waals surface area contributed by atoms with E-state index in [0.717, 1.165) is 5.56 Å². The Labute approximate surface area is 81.2 Å². The van der Waals surface area contributed by atoms with E-state index in [2.05, 4.69) is 15.2 Å². The van der Waals surface area contributed by atoms with Crippen molar-refractivity contribution in [2.24, 2.45) is 15.2 Å². The number of thiocarbonyl (C=S) groups is 1. The van der Waals surface area contributed by atoms with Crippen LogP contribution in [0, 0.1) is 6.92 Å². The molecule has 0 atom stereocenters. The molecule has 1 aliphatic heterocycles. The molecule has 64 valence electrons. The zero-order valence-electron chi connectivity index (χ0n) is 7.06. The number of hydrogen-bond acceptors (Lipinski definition) is 2. The number of benzene rings is 1. The molecule has 3 nitrogen and oxygen atoms in total. The van der Waals surface area contributed by atoms with Gasteiger partial charge in [-0.15, -0.1) is 10.2 Å². The molecule has 0 spiro atoms. The van der Waals surface area contributed by atoms with Crippen LogP contribution in [0.3, 0.4) is 0 Å². The van der Waals surface area contributed by atoms with Crippen molar-refractivity contribution in [3.05, 3.63) is 35.4 Å². The Hall–Kier alpha value is -1.42. The van der Waals surface area contributed by atoms with Gasteiger partial charge in [0.25, 0.3) is 0 Å². The maximum Gasteiger partial charge on any atom is 0.242 e. The second-order valence-electron chi connectivity index (χ2n) is 2.79. The second kappa shape index (κ2) is 3.14. The van der Waals surface area contributed by atoms with Crippen LogP contribution in [0.1, 0.15) is 11.1 Å². The quantitative estimate of drug-likeness (QED) is 0.625. The highest BCUT2D eigenvalue weighted by molar-refractivity contribution is 7.80. The van der Waals surface area contributed by atoms with Crippen molar-refractivity contribution in [2.45, 2.75) is 6.92 Å². The number of amidine groups is 1. The second-order valence-corrected chi connectivity index (χ2v) is 3.15. The molecular formula is C9H7N3S. The average Bonchev–Trinajstić information content (AvgIpc) is 2.52. The van der Waals surface area contributed by atoms with Gasteiger partial charge in [0.2, 0.25) is 5.11 Å². The average molecular weight is 189 g/mol. The molecule has 0 fully saturated rings. The third-order valence-corrected chi connectivity index (χ3v) is 1.88. The Morgan fingerprint density at radius 2 is 2.08 bits per heavy atom. The summed E-state index contributed by atoms with van der Waals surface area (Å²) in [6.07, 6.45) is 0. The van der Waals surface area contributed by atoms with Crippen molar-refractivity contribution in [3.63, 3.8) is 0 Å². The molecule has 1 aromatic rings. The van der Waals surface area contributed by atoms with Gasteiger partial charge in [0.1, 0.15) is 0 Å². The van der Waals surface area contributed by atoms with Crippen LogP contribution in [0.25, 0.3) is 0 Å². The first-order valence-electron chi connectivity index (χ1n) is 3.87. The summed E-state index contributed by atoms with van der Waals surface area (Å²) in [7, 11) is 0. The van der Waals surface area contributed by atoms with Gasteiger partial charge in [0, 0.05) is 5.56 Å². The van der Waals surface area contributed by atoms with Crippen molar-refractivity contribution < 1.29 is 0 Å². The summed E-state index contributed by atoms with van der Waals surface area (Å²) < 4.78 is 0. The minimum atomic E-state index is 0.302. The van der Waals surface area contributed by atoms with Gasteiger partial charge in [-0.2, -0.15) is 4.99 Å². The molecule has 1 aromatic carbocycles. The summed E-state index contributed by atoms with van der Waals surface area (Å²) in [5, 5.41) is 7.84. The van der Waals surface area contributed by atoms with Crippen molar-refractivity contribution >= 4 is 23.2 Å². The molecule has 0 bridgehead atoms. The van der Waals surface area contributed by atoms with Crippen molar-refractivity contribution in [2.75, 3.05) is 0 Å². The largest absolute Gasteiger partial charge is 0.242 e. The number of aliphatic imine (C=N–C) groups is 1. The van der Waals surface area contributed by atoms with Gasteiger partial charge in [0.05, 0.1) is 0 Å². The Kier molecular flexibility index (Phi) is 1.98. The first kappa shape index (κ1) is 8.19. The molecule has 0 saturated carbocycles. The number of rotatable bonds is 1. The summed E-state index contributed by atoms with van der Waals surface area (Å²) in [6.45, 7) is 2.02. The van der Waals surface area contributed by atoms with Crippen LogP contribution in [0.15, 0.2) is 39.5 Å². The third-order valence-electron chi connectivity index (χ3n) is 1.71. The maximum atomic E-state index is 4.78. The molecule has 0 aromatic heterocycles. The fourth-order valence-electron chi connectivity index (χ4n) is 1.13. The predicted molar refractivity (Wildman–Crippen MR) is 55.2 cm³/mol.